The van der Waals surface area contributed by atoms with Gasteiger partial charge < -0.3 is 0 Å². The molecule has 0 saturated heterocycles. The largest absolute Gasteiger partial charge is 0.289 e. The lowest BCUT2D eigenvalue weighted by Gasteiger charge is -2.17. The minimum absolute atomic E-state index is 0.0191. The first-order chi connectivity index (χ1) is 54.1. The van der Waals surface area contributed by atoms with Crippen LogP contribution in [0.5, 0.6) is 0 Å². The molecule has 0 saturated carbocycles. The summed E-state index contributed by atoms with van der Waals surface area (Å²) in [5.41, 5.74) is 2.84. The Balaban J connectivity index is 0.000000182. The highest BCUT2D eigenvalue weighted by Gasteiger charge is 2.30. The van der Waals surface area contributed by atoms with Crippen LogP contribution in [0.1, 0.15) is 0 Å². The lowest BCUT2D eigenvalue weighted by molar-refractivity contribution is -0.385. The summed E-state index contributed by atoms with van der Waals surface area (Å²) in [5, 5.41) is 69.7. The number of nitro groups is 6. The third-order valence-electron chi connectivity index (χ3n) is 15.8. The third kappa shape index (κ3) is 20.4. The maximum Gasteiger partial charge on any atom is 0.289 e. The number of non-ortho nitro benzene ring substituents is 4. The van der Waals surface area contributed by atoms with Gasteiger partial charge in [-0.3, -0.25) is 60.7 Å². The number of nitro benzene ring substituents is 6. The van der Waals surface area contributed by atoms with E-state index in [4.69, 9.17) is 232 Å². The minimum Gasteiger partial charge on any atom is -0.258 e. The summed E-state index contributed by atoms with van der Waals surface area (Å²) in [7, 11) is 0. The van der Waals surface area contributed by atoms with Crippen molar-refractivity contribution >= 4 is 333 Å². The van der Waals surface area contributed by atoms with Crippen molar-refractivity contribution in [1.82, 2.24) is 0 Å². The summed E-state index contributed by atoms with van der Waals surface area (Å²) < 4.78 is 0.921. The molecule has 0 atom stereocenters. The number of nitrogens with zero attached hydrogens (tertiary/aromatic N) is 6. The number of rotatable bonds is 18. The van der Waals surface area contributed by atoms with Crippen molar-refractivity contribution < 1.29 is 29.5 Å². The molecule has 0 aliphatic carbocycles. The van der Waals surface area contributed by atoms with Gasteiger partial charge in [0, 0.05) is 155 Å². The molecule has 12 aromatic carbocycles. The molecule has 43 heteroatoms. The van der Waals surface area contributed by atoms with E-state index in [2.05, 4.69) is 31.9 Å². The van der Waals surface area contributed by atoms with Crippen LogP contribution in [0.4, 0.5) is 34.1 Å². The fraction of sp³-hybridized carbons (Fsp3) is 0. The predicted molar refractivity (Wildman–Crippen MR) is 479 cm³/mol. The zero-order valence-corrected chi connectivity index (χ0v) is 75.9. The van der Waals surface area contributed by atoms with Gasteiger partial charge >= 0.3 is 0 Å². The number of hydrogen-bond acceptors (Lipinski definition) is 15. The van der Waals surface area contributed by atoms with Crippen LogP contribution in [0.15, 0.2) is 196 Å². The van der Waals surface area contributed by atoms with Crippen molar-refractivity contribution in [3.05, 3.63) is 328 Å². The highest BCUT2D eigenvalue weighted by atomic mass is 79.9. The van der Waals surface area contributed by atoms with Crippen LogP contribution >= 0.6 is 299 Å². The summed E-state index contributed by atoms with van der Waals surface area (Å²) in [6, 6.07) is 37.8. The van der Waals surface area contributed by atoms with E-state index in [1.165, 1.54) is 48.2 Å². The molecule has 18 nitrogen and oxygen atoms in total. The molecule has 0 aliphatic rings. The number of halogens is 22. The van der Waals surface area contributed by atoms with Crippen LogP contribution in [-0.4, -0.2) is 29.5 Å². The molecular weight excluding hydrogens is 2110 g/mol. The van der Waals surface area contributed by atoms with E-state index in [0.29, 0.717) is 103 Å². The van der Waals surface area contributed by atoms with Gasteiger partial charge in [0.15, 0.2) is 0 Å². The lowest BCUT2D eigenvalue weighted by atomic mass is 10.0. The fourth-order valence-corrected chi connectivity index (χ4v) is 20.9. The van der Waals surface area contributed by atoms with Gasteiger partial charge in [-0.25, -0.2) is 0 Å². The standard InChI is InChI=1S/C24H10Br2Cl4N2O4S.2C24H8Cl8N2O4S/c25-15-9-11(31(33)34)1-3-13(15)21-17(27)5-7-19(23(21)29)37-20-8-6-18(28)22(24(20)30)14-4-2-12(32(35)36)10-16(14)26;25-11-1-3-19(23(31)21(11)9-5-15(29)17(33(35)36)7-13(9)27)39-20-4-2-12(26)22(24(20)32)10-6-16(30)18(34(37)38)8-14(10)28;25-11-1-3-17(23(31)21(11)19-13(27)5-9(33(35)36)6-14(19)28)39-18-4-2-12(26)22(24(18)32)20-15(29)7-10(34(37)38)8-16(20)30/h1-10H;2*1-8H. The molecule has 0 unspecified atom stereocenters. The van der Waals surface area contributed by atoms with E-state index in [0.717, 1.165) is 59.9 Å². The molecule has 0 spiro atoms. The second kappa shape index (κ2) is 39.1. The number of hydrogen-bond donors (Lipinski definition) is 0. The van der Waals surface area contributed by atoms with Gasteiger partial charge in [-0.05, 0) is 140 Å². The Labute approximate surface area is 777 Å². The number of benzene rings is 12. The van der Waals surface area contributed by atoms with Crippen LogP contribution in [0.2, 0.25) is 100 Å². The Morgan fingerprint density at radius 2 is 0.435 bits per heavy atom. The van der Waals surface area contributed by atoms with Gasteiger partial charge in [-0.1, -0.05) is 267 Å². The molecule has 12 rings (SSSR count). The molecular formula is C72H26Br2Cl20N6O12S3. The van der Waals surface area contributed by atoms with Gasteiger partial charge in [0.2, 0.25) is 0 Å². The van der Waals surface area contributed by atoms with E-state index < -0.39 is 29.5 Å². The zero-order valence-electron chi connectivity index (χ0n) is 55.1. The fourth-order valence-electron chi connectivity index (χ4n) is 10.7. The minimum atomic E-state index is -0.655. The van der Waals surface area contributed by atoms with E-state index in [9.17, 15) is 60.7 Å². The highest BCUT2D eigenvalue weighted by molar-refractivity contribution is 9.11. The van der Waals surface area contributed by atoms with Crippen LogP contribution in [0.25, 0.3) is 66.8 Å². The first-order valence-electron chi connectivity index (χ1n) is 30.5. The van der Waals surface area contributed by atoms with Crippen molar-refractivity contribution in [3.8, 4) is 66.8 Å². The van der Waals surface area contributed by atoms with Crippen molar-refractivity contribution in [2.45, 2.75) is 29.4 Å². The monoisotopic (exact) mass is 2120 g/mol. The second-order valence-corrected chi connectivity index (χ2v) is 35.6. The van der Waals surface area contributed by atoms with E-state index in [1.54, 1.807) is 84.9 Å². The van der Waals surface area contributed by atoms with Gasteiger partial charge in [0.25, 0.3) is 34.1 Å². The molecule has 0 heterocycles. The smallest absolute Gasteiger partial charge is 0.258 e. The zero-order chi connectivity index (χ0) is 84.5. The summed E-state index contributed by atoms with van der Waals surface area (Å²) in [4.78, 5) is 66.7. The van der Waals surface area contributed by atoms with Gasteiger partial charge in [0.1, 0.15) is 10.0 Å². The quantitative estimate of drug-likeness (QED) is 0.0571. The first-order valence-corrected chi connectivity index (χ1v) is 42.1. The summed E-state index contributed by atoms with van der Waals surface area (Å²) in [6.07, 6.45) is 0. The summed E-state index contributed by atoms with van der Waals surface area (Å²) in [6.45, 7) is 0. The van der Waals surface area contributed by atoms with Crippen molar-refractivity contribution in [3.63, 3.8) is 0 Å². The normalized spacial score (nSPS) is 11.0. The molecule has 0 aliphatic heterocycles. The van der Waals surface area contributed by atoms with Crippen molar-refractivity contribution in [1.29, 1.82) is 0 Å². The van der Waals surface area contributed by atoms with E-state index in [1.807, 2.05) is 0 Å². The van der Waals surface area contributed by atoms with E-state index >= 15 is 0 Å². The maximum absolute atomic E-state index is 11.2. The van der Waals surface area contributed by atoms with Gasteiger partial charge in [-0.2, -0.15) is 0 Å². The summed E-state index contributed by atoms with van der Waals surface area (Å²) in [5.74, 6) is 0. The SMILES string of the molecule is O=[N+]([O-])c1cc(Cl)c(-c2c(Cl)ccc(Sc3ccc(Cl)c(-c4c(Cl)cc([N+](=O)[O-])cc4Cl)c3Cl)c2Cl)c(Cl)c1.O=[N+]([O-])c1cc(Cl)c(-c2c(Cl)ccc(Sc3ccc(Cl)c(-c4cc(Cl)c([N+](=O)[O-])cc4Cl)c3Cl)c2Cl)cc1Cl.O=[N+]([O-])c1ccc(-c2c(Cl)ccc(Sc3ccc(Cl)c(-c4ccc([N+](=O)[O-])cc4Br)c3Cl)c2Cl)c(Br)c1. The first kappa shape index (κ1) is 92.1. The third-order valence-corrected chi connectivity index (χ3v) is 27.9. The molecule has 12 aromatic rings. The van der Waals surface area contributed by atoms with E-state index in [-0.39, 0.29) is 137 Å². The lowest BCUT2D eigenvalue weighted by Crippen LogP contribution is -1.93. The molecule has 0 amide bonds. The molecule has 0 bridgehead atoms. The topological polar surface area (TPSA) is 259 Å². The maximum atomic E-state index is 11.2. The van der Waals surface area contributed by atoms with Crippen molar-refractivity contribution in [2.75, 3.05) is 0 Å². The molecule has 0 aromatic heterocycles. The average molecular weight is 2130 g/mol. The molecule has 588 valence electrons. The Hall–Kier alpha value is -5.15. The second-order valence-electron chi connectivity index (χ2n) is 22.7. The molecule has 0 radical (unpaired) electrons. The highest BCUT2D eigenvalue weighted by Crippen LogP contribution is 2.56. The van der Waals surface area contributed by atoms with Crippen LogP contribution in [0.3, 0.4) is 0 Å². The van der Waals surface area contributed by atoms with Gasteiger partial charge in [-0.15, -0.1) is 0 Å². The molecule has 0 fully saturated rings. The molecule has 115 heavy (non-hydrogen) atoms. The average Bonchev–Trinajstić information content (AvgIpc) is 0.780. The van der Waals surface area contributed by atoms with Crippen LogP contribution < -0.4 is 0 Å². The Kier molecular flexibility index (Phi) is 31.4. The Bertz CT molecular complexity index is 5760. The van der Waals surface area contributed by atoms with Crippen LogP contribution in [0, 0.1) is 60.7 Å². The Morgan fingerprint density at radius 1 is 0.209 bits per heavy atom. The Morgan fingerprint density at radius 3 is 0.661 bits per heavy atom. The summed E-state index contributed by atoms with van der Waals surface area (Å²) >= 11 is 140. The van der Waals surface area contributed by atoms with Gasteiger partial charge in [0.05, 0.1) is 120 Å². The molecule has 0 N–H and O–H groups in total. The van der Waals surface area contributed by atoms with Crippen LogP contribution in [-0.2, 0) is 0 Å². The predicted octanol–water partition coefficient (Wildman–Crippen LogP) is 35.6. The van der Waals surface area contributed by atoms with Crippen molar-refractivity contribution in [2.24, 2.45) is 0 Å².